The standard InChI is InChI=1S/C14H15NO3/c16-12-6-3-5-11(9-12)15-13-7-2-1-4-10(13)8-14(17)18/h2-3,5-7,9-10,16H,1,4,8H2,(H,17,18). The van der Waals surface area contributed by atoms with Crippen LogP contribution in [0.2, 0.25) is 0 Å². The van der Waals surface area contributed by atoms with E-state index in [2.05, 4.69) is 4.99 Å². The van der Waals surface area contributed by atoms with E-state index in [9.17, 15) is 9.90 Å². The van der Waals surface area contributed by atoms with Gasteiger partial charge in [0.25, 0.3) is 0 Å². The van der Waals surface area contributed by atoms with Crippen molar-refractivity contribution in [1.29, 1.82) is 0 Å². The zero-order valence-electron chi connectivity index (χ0n) is 9.91. The van der Waals surface area contributed by atoms with E-state index in [0.717, 1.165) is 18.6 Å². The molecule has 0 bridgehead atoms. The molecule has 1 aromatic rings. The fourth-order valence-corrected chi connectivity index (χ4v) is 2.04. The van der Waals surface area contributed by atoms with E-state index in [1.165, 1.54) is 0 Å². The fraction of sp³-hybridized carbons (Fsp3) is 0.286. The number of nitrogens with zero attached hydrogens (tertiary/aromatic N) is 1. The fourth-order valence-electron chi connectivity index (χ4n) is 2.04. The molecule has 0 saturated heterocycles. The van der Waals surface area contributed by atoms with Gasteiger partial charge in [0.1, 0.15) is 5.75 Å². The summed E-state index contributed by atoms with van der Waals surface area (Å²) < 4.78 is 0. The number of carbonyl (C=O) groups is 1. The Morgan fingerprint density at radius 1 is 1.44 bits per heavy atom. The Morgan fingerprint density at radius 2 is 2.28 bits per heavy atom. The van der Waals surface area contributed by atoms with Crippen molar-refractivity contribution in [2.75, 3.05) is 0 Å². The number of aliphatic imine (C=N–C) groups is 1. The Balaban J connectivity index is 2.25. The van der Waals surface area contributed by atoms with Crippen molar-refractivity contribution < 1.29 is 15.0 Å². The molecule has 1 aliphatic carbocycles. The minimum absolute atomic E-state index is 0.0464. The van der Waals surface area contributed by atoms with Gasteiger partial charge in [0, 0.05) is 17.7 Å². The quantitative estimate of drug-likeness (QED) is 0.860. The van der Waals surface area contributed by atoms with Gasteiger partial charge in [0.05, 0.1) is 12.1 Å². The van der Waals surface area contributed by atoms with Crippen LogP contribution in [0.3, 0.4) is 0 Å². The summed E-state index contributed by atoms with van der Waals surface area (Å²) in [5.74, 6) is -0.694. The van der Waals surface area contributed by atoms with Crippen molar-refractivity contribution in [1.82, 2.24) is 0 Å². The zero-order valence-corrected chi connectivity index (χ0v) is 9.91. The van der Waals surface area contributed by atoms with Crippen LogP contribution in [0.4, 0.5) is 5.69 Å². The number of allylic oxidation sites excluding steroid dienone is 2. The van der Waals surface area contributed by atoms with Crippen molar-refractivity contribution >= 4 is 17.4 Å². The molecule has 0 amide bonds. The Morgan fingerprint density at radius 3 is 3.00 bits per heavy atom. The van der Waals surface area contributed by atoms with Crippen LogP contribution in [-0.2, 0) is 4.79 Å². The van der Waals surface area contributed by atoms with E-state index in [0.29, 0.717) is 5.69 Å². The van der Waals surface area contributed by atoms with Gasteiger partial charge in [0.15, 0.2) is 0 Å². The van der Waals surface area contributed by atoms with Crippen LogP contribution < -0.4 is 0 Å². The highest BCUT2D eigenvalue weighted by Gasteiger charge is 2.19. The number of carboxylic acid groups (broad SMARTS) is 1. The number of phenolic OH excluding ortho intramolecular Hbond substituents is 1. The monoisotopic (exact) mass is 245 g/mol. The molecule has 1 unspecified atom stereocenters. The molecule has 0 aromatic heterocycles. The maximum atomic E-state index is 10.8. The first-order valence-electron chi connectivity index (χ1n) is 5.91. The summed E-state index contributed by atoms with van der Waals surface area (Å²) in [6, 6.07) is 6.64. The van der Waals surface area contributed by atoms with Crippen molar-refractivity contribution in [2.24, 2.45) is 10.9 Å². The normalized spacial score (nSPS) is 21.1. The molecule has 2 rings (SSSR count). The molecule has 0 saturated carbocycles. The van der Waals surface area contributed by atoms with Crippen LogP contribution in [-0.4, -0.2) is 21.9 Å². The summed E-state index contributed by atoms with van der Waals surface area (Å²) in [5.41, 5.74) is 1.42. The third-order valence-electron chi connectivity index (χ3n) is 2.90. The van der Waals surface area contributed by atoms with E-state index < -0.39 is 5.97 Å². The second-order valence-corrected chi connectivity index (χ2v) is 4.33. The predicted molar refractivity (Wildman–Crippen MR) is 69.3 cm³/mol. The maximum absolute atomic E-state index is 10.8. The highest BCUT2D eigenvalue weighted by Crippen LogP contribution is 2.25. The number of aromatic hydroxyl groups is 1. The maximum Gasteiger partial charge on any atom is 0.304 e. The van der Waals surface area contributed by atoms with Crippen LogP contribution in [0, 0.1) is 5.92 Å². The van der Waals surface area contributed by atoms with Gasteiger partial charge in [-0.15, -0.1) is 0 Å². The summed E-state index contributed by atoms with van der Waals surface area (Å²) in [6.45, 7) is 0. The molecule has 0 heterocycles. The number of benzene rings is 1. The molecular formula is C14H15NO3. The van der Waals surface area contributed by atoms with Crippen LogP contribution >= 0.6 is 0 Å². The van der Waals surface area contributed by atoms with Gasteiger partial charge >= 0.3 is 5.97 Å². The molecule has 1 aromatic carbocycles. The number of rotatable bonds is 3. The summed E-state index contributed by atoms with van der Waals surface area (Å²) in [5, 5.41) is 18.2. The van der Waals surface area contributed by atoms with Gasteiger partial charge in [-0.05, 0) is 31.1 Å². The van der Waals surface area contributed by atoms with Gasteiger partial charge in [-0.25, -0.2) is 0 Å². The lowest BCUT2D eigenvalue weighted by Gasteiger charge is -2.18. The van der Waals surface area contributed by atoms with Gasteiger partial charge < -0.3 is 10.2 Å². The van der Waals surface area contributed by atoms with Crippen LogP contribution in [0.1, 0.15) is 19.3 Å². The van der Waals surface area contributed by atoms with Crippen molar-refractivity contribution in [2.45, 2.75) is 19.3 Å². The molecular weight excluding hydrogens is 230 g/mol. The summed E-state index contributed by atoms with van der Waals surface area (Å²) in [7, 11) is 0. The second kappa shape index (κ2) is 5.49. The molecule has 0 spiro atoms. The van der Waals surface area contributed by atoms with Crippen molar-refractivity contribution in [3.8, 4) is 5.75 Å². The van der Waals surface area contributed by atoms with Crippen LogP contribution in [0.25, 0.3) is 0 Å². The SMILES string of the molecule is O=C(O)CC1CCC=CC1=Nc1cccc(O)c1. The Labute approximate surface area is 105 Å². The Bertz CT molecular complexity index is 506. The Hall–Kier alpha value is -2.10. The third-order valence-corrected chi connectivity index (χ3v) is 2.90. The molecule has 4 nitrogen and oxygen atoms in total. The second-order valence-electron chi connectivity index (χ2n) is 4.33. The molecule has 1 aliphatic rings. The van der Waals surface area contributed by atoms with Crippen molar-refractivity contribution in [3.05, 3.63) is 36.4 Å². The van der Waals surface area contributed by atoms with E-state index in [4.69, 9.17) is 5.11 Å². The predicted octanol–water partition coefficient (Wildman–Crippen LogP) is 2.91. The first-order chi connectivity index (χ1) is 8.65. The average Bonchev–Trinajstić information content (AvgIpc) is 2.31. The molecule has 0 aliphatic heterocycles. The molecule has 1 atom stereocenters. The number of phenols is 1. The first-order valence-corrected chi connectivity index (χ1v) is 5.91. The average molecular weight is 245 g/mol. The minimum Gasteiger partial charge on any atom is -0.508 e. The molecule has 2 N–H and O–H groups in total. The first kappa shape index (κ1) is 12.4. The lowest BCUT2D eigenvalue weighted by Crippen LogP contribution is -2.19. The van der Waals surface area contributed by atoms with E-state index in [1.807, 2.05) is 12.2 Å². The number of hydrogen-bond donors (Lipinski definition) is 2. The molecule has 18 heavy (non-hydrogen) atoms. The number of hydrogen-bond acceptors (Lipinski definition) is 3. The van der Waals surface area contributed by atoms with Crippen LogP contribution in [0.15, 0.2) is 41.4 Å². The molecule has 0 radical (unpaired) electrons. The minimum atomic E-state index is -0.807. The van der Waals surface area contributed by atoms with E-state index in [1.54, 1.807) is 24.3 Å². The molecule has 0 fully saturated rings. The lowest BCUT2D eigenvalue weighted by atomic mass is 9.89. The highest BCUT2D eigenvalue weighted by molar-refractivity contribution is 6.00. The van der Waals surface area contributed by atoms with Gasteiger partial charge in [-0.3, -0.25) is 9.79 Å². The molecule has 94 valence electrons. The number of aliphatic carboxylic acids is 1. The van der Waals surface area contributed by atoms with Gasteiger partial charge in [-0.2, -0.15) is 0 Å². The van der Waals surface area contributed by atoms with Crippen molar-refractivity contribution in [3.63, 3.8) is 0 Å². The van der Waals surface area contributed by atoms with E-state index in [-0.39, 0.29) is 18.1 Å². The number of carboxylic acids is 1. The Kier molecular flexibility index (Phi) is 3.77. The zero-order chi connectivity index (χ0) is 13.0. The topological polar surface area (TPSA) is 69.9 Å². The summed E-state index contributed by atoms with van der Waals surface area (Å²) in [4.78, 5) is 15.2. The van der Waals surface area contributed by atoms with Gasteiger partial charge in [0.2, 0.25) is 0 Å². The van der Waals surface area contributed by atoms with Gasteiger partial charge in [-0.1, -0.05) is 12.1 Å². The lowest BCUT2D eigenvalue weighted by molar-refractivity contribution is -0.137. The smallest absolute Gasteiger partial charge is 0.304 e. The molecule has 4 heteroatoms. The largest absolute Gasteiger partial charge is 0.508 e. The third kappa shape index (κ3) is 3.20. The summed E-state index contributed by atoms with van der Waals surface area (Å²) >= 11 is 0. The van der Waals surface area contributed by atoms with E-state index >= 15 is 0 Å². The highest BCUT2D eigenvalue weighted by atomic mass is 16.4. The van der Waals surface area contributed by atoms with Crippen LogP contribution in [0.5, 0.6) is 5.75 Å². The summed E-state index contributed by atoms with van der Waals surface area (Å²) in [6.07, 6.45) is 5.67.